The van der Waals surface area contributed by atoms with Crippen molar-refractivity contribution in [1.29, 1.82) is 0 Å². The highest BCUT2D eigenvalue weighted by Gasteiger charge is 2.32. The number of carbonyl (C=O) groups is 2. The molecular weight excluding hydrogens is 312 g/mol. The molecule has 0 spiro atoms. The largest absolute Gasteiger partial charge is 0.368 e. The number of nitrogens with two attached hydrogens (primary N) is 1. The van der Waals surface area contributed by atoms with Gasteiger partial charge in [-0.2, -0.15) is 0 Å². The molecule has 0 bridgehead atoms. The predicted octanol–water partition coefficient (Wildman–Crippen LogP) is 3.45. The summed E-state index contributed by atoms with van der Waals surface area (Å²) in [7, 11) is 0. The van der Waals surface area contributed by atoms with Gasteiger partial charge in [0.05, 0.1) is 0 Å². The van der Waals surface area contributed by atoms with Gasteiger partial charge < -0.3 is 10.6 Å². The first-order valence-electron chi connectivity index (χ1n) is 8.76. The lowest BCUT2D eigenvalue weighted by Gasteiger charge is -2.34. The minimum atomic E-state index is -0.505. The van der Waals surface area contributed by atoms with E-state index < -0.39 is 11.9 Å². The molecule has 0 radical (unpaired) electrons. The van der Waals surface area contributed by atoms with Crippen molar-refractivity contribution in [3.63, 3.8) is 0 Å². The predicted molar refractivity (Wildman–Crippen MR) is 99.2 cm³/mol. The fourth-order valence-electron chi connectivity index (χ4n) is 3.46. The van der Waals surface area contributed by atoms with Crippen molar-refractivity contribution in [2.24, 2.45) is 5.73 Å². The Bertz CT molecular complexity index is 813. The lowest BCUT2D eigenvalue weighted by molar-refractivity contribution is -0.123. The van der Waals surface area contributed by atoms with E-state index in [1.165, 1.54) is 11.1 Å². The van der Waals surface area contributed by atoms with E-state index in [0.29, 0.717) is 18.5 Å². The summed E-state index contributed by atoms with van der Waals surface area (Å²) in [5.74, 6) is -0.533. The molecule has 1 saturated heterocycles. The summed E-state index contributed by atoms with van der Waals surface area (Å²) in [5.41, 5.74) is 10.5. The summed E-state index contributed by atoms with van der Waals surface area (Å²) in [6.45, 7) is 4.71. The molecule has 1 unspecified atom stereocenters. The summed E-state index contributed by atoms with van der Waals surface area (Å²) in [6, 6.07) is 13.3. The van der Waals surface area contributed by atoms with Crippen molar-refractivity contribution in [2.75, 3.05) is 6.54 Å². The maximum atomic E-state index is 13.2. The minimum Gasteiger partial charge on any atom is -0.368 e. The zero-order chi connectivity index (χ0) is 18.0. The lowest BCUT2D eigenvalue weighted by atomic mass is 9.94. The molecule has 1 fully saturated rings. The number of piperidine rings is 1. The number of likely N-dealkylation sites (tertiary alicyclic amines) is 1. The van der Waals surface area contributed by atoms with Crippen LogP contribution in [0.2, 0.25) is 0 Å². The fraction of sp³-hybridized carbons (Fsp3) is 0.333. The smallest absolute Gasteiger partial charge is 0.255 e. The molecule has 0 aromatic heterocycles. The van der Waals surface area contributed by atoms with Gasteiger partial charge in [0.2, 0.25) is 5.91 Å². The summed E-state index contributed by atoms with van der Waals surface area (Å²) in [5, 5.41) is 0. The van der Waals surface area contributed by atoms with Crippen LogP contribution in [0.5, 0.6) is 0 Å². The maximum Gasteiger partial charge on any atom is 0.255 e. The minimum absolute atomic E-state index is 0.114. The molecule has 0 aliphatic carbocycles. The van der Waals surface area contributed by atoms with Crippen LogP contribution in [-0.2, 0) is 4.79 Å². The molecule has 25 heavy (non-hydrogen) atoms. The Labute approximate surface area is 148 Å². The van der Waals surface area contributed by atoms with Crippen LogP contribution < -0.4 is 5.73 Å². The lowest BCUT2D eigenvalue weighted by Crippen LogP contribution is -2.50. The van der Waals surface area contributed by atoms with Crippen LogP contribution in [0.25, 0.3) is 11.1 Å². The Morgan fingerprint density at radius 3 is 2.52 bits per heavy atom. The van der Waals surface area contributed by atoms with Crippen LogP contribution in [0.1, 0.15) is 40.7 Å². The Balaban J connectivity index is 2.01. The van der Waals surface area contributed by atoms with E-state index in [2.05, 4.69) is 26.0 Å². The standard InChI is InChI=1S/C21H24N2O2/c1-14-10-11-16(13-15(14)2)17-7-3-4-8-18(17)21(25)23-12-6-5-9-19(23)20(22)24/h3-4,7-8,10-11,13,19H,5-6,9,12H2,1-2H3,(H2,22,24). The van der Waals surface area contributed by atoms with Crippen LogP contribution in [0, 0.1) is 13.8 Å². The highest BCUT2D eigenvalue weighted by Crippen LogP contribution is 2.28. The molecule has 2 aromatic carbocycles. The molecule has 0 saturated carbocycles. The van der Waals surface area contributed by atoms with Gasteiger partial charge in [-0.15, -0.1) is 0 Å². The van der Waals surface area contributed by atoms with Crippen molar-refractivity contribution < 1.29 is 9.59 Å². The number of primary amides is 1. The molecule has 1 aliphatic heterocycles. The first kappa shape index (κ1) is 17.2. The number of benzene rings is 2. The fourth-order valence-corrected chi connectivity index (χ4v) is 3.46. The van der Waals surface area contributed by atoms with Crippen LogP contribution >= 0.6 is 0 Å². The Morgan fingerprint density at radius 2 is 1.80 bits per heavy atom. The van der Waals surface area contributed by atoms with E-state index >= 15 is 0 Å². The van der Waals surface area contributed by atoms with Gasteiger partial charge in [0.1, 0.15) is 6.04 Å². The second kappa shape index (κ2) is 7.09. The summed E-state index contributed by atoms with van der Waals surface area (Å²) in [4.78, 5) is 26.6. The first-order chi connectivity index (χ1) is 12.0. The molecule has 2 amide bonds. The Morgan fingerprint density at radius 1 is 1.04 bits per heavy atom. The number of hydrogen-bond acceptors (Lipinski definition) is 2. The molecule has 1 atom stereocenters. The van der Waals surface area contributed by atoms with Crippen molar-refractivity contribution in [1.82, 2.24) is 4.90 Å². The van der Waals surface area contributed by atoms with E-state index in [-0.39, 0.29) is 5.91 Å². The van der Waals surface area contributed by atoms with Gasteiger partial charge in [0.25, 0.3) is 5.91 Å². The Kier molecular flexibility index (Phi) is 4.88. The second-order valence-corrected chi connectivity index (χ2v) is 6.76. The van der Waals surface area contributed by atoms with Crippen molar-refractivity contribution in [2.45, 2.75) is 39.2 Å². The van der Waals surface area contributed by atoms with E-state index in [1.807, 2.05) is 30.3 Å². The molecule has 1 heterocycles. The van der Waals surface area contributed by atoms with Gasteiger partial charge >= 0.3 is 0 Å². The van der Waals surface area contributed by atoms with E-state index in [0.717, 1.165) is 24.0 Å². The number of rotatable bonds is 3. The van der Waals surface area contributed by atoms with Crippen LogP contribution in [0.15, 0.2) is 42.5 Å². The zero-order valence-electron chi connectivity index (χ0n) is 14.8. The SMILES string of the molecule is Cc1ccc(-c2ccccc2C(=O)N2CCCCC2C(N)=O)cc1C. The number of carbonyl (C=O) groups excluding carboxylic acids is 2. The third-order valence-corrected chi connectivity index (χ3v) is 5.07. The van der Waals surface area contributed by atoms with Gasteiger partial charge in [-0.1, -0.05) is 36.4 Å². The molecule has 3 rings (SSSR count). The van der Waals surface area contributed by atoms with E-state index in [1.54, 1.807) is 4.90 Å². The van der Waals surface area contributed by atoms with Crippen LogP contribution in [0.4, 0.5) is 0 Å². The number of aryl methyl sites for hydroxylation is 2. The van der Waals surface area contributed by atoms with Gasteiger partial charge in [0.15, 0.2) is 0 Å². The van der Waals surface area contributed by atoms with Gasteiger partial charge in [-0.3, -0.25) is 9.59 Å². The summed E-state index contributed by atoms with van der Waals surface area (Å²) >= 11 is 0. The molecule has 2 aromatic rings. The molecule has 2 N–H and O–H groups in total. The van der Waals surface area contributed by atoms with E-state index in [9.17, 15) is 9.59 Å². The quantitative estimate of drug-likeness (QED) is 0.933. The topological polar surface area (TPSA) is 63.4 Å². The summed E-state index contributed by atoms with van der Waals surface area (Å²) < 4.78 is 0. The third-order valence-electron chi connectivity index (χ3n) is 5.07. The number of hydrogen-bond donors (Lipinski definition) is 1. The van der Waals surface area contributed by atoms with Crippen molar-refractivity contribution in [3.8, 4) is 11.1 Å². The van der Waals surface area contributed by atoms with Gasteiger partial charge in [-0.25, -0.2) is 0 Å². The monoisotopic (exact) mass is 336 g/mol. The van der Waals surface area contributed by atoms with E-state index in [4.69, 9.17) is 5.73 Å². The highest BCUT2D eigenvalue weighted by molar-refractivity contribution is 6.02. The first-order valence-corrected chi connectivity index (χ1v) is 8.76. The van der Waals surface area contributed by atoms with Crippen LogP contribution in [0.3, 0.4) is 0 Å². The van der Waals surface area contributed by atoms with Crippen molar-refractivity contribution >= 4 is 11.8 Å². The molecule has 130 valence electrons. The summed E-state index contributed by atoms with van der Waals surface area (Å²) in [6.07, 6.45) is 2.48. The normalized spacial score (nSPS) is 17.4. The number of nitrogens with zero attached hydrogens (tertiary/aromatic N) is 1. The Hall–Kier alpha value is -2.62. The average molecular weight is 336 g/mol. The molecule has 4 heteroatoms. The van der Waals surface area contributed by atoms with Crippen molar-refractivity contribution in [3.05, 3.63) is 59.2 Å². The maximum absolute atomic E-state index is 13.2. The molecule has 1 aliphatic rings. The molecule has 4 nitrogen and oxygen atoms in total. The van der Waals surface area contributed by atoms with Gasteiger partial charge in [0, 0.05) is 12.1 Å². The second-order valence-electron chi connectivity index (χ2n) is 6.76. The van der Waals surface area contributed by atoms with Crippen LogP contribution in [-0.4, -0.2) is 29.3 Å². The third kappa shape index (κ3) is 3.43. The average Bonchev–Trinajstić information content (AvgIpc) is 2.63. The molecular formula is C21H24N2O2. The number of amides is 2. The highest BCUT2D eigenvalue weighted by atomic mass is 16.2. The zero-order valence-corrected chi connectivity index (χ0v) is 14.8. The van der Waals surface area contributed by atoms with Gasteiger partial charge in [-0.05, 0) is 61.4 Å².